The van der Waals surface area contributed by atoms with Crippen molar-refractivity contribution in [1.82, 2.24) is 9.97 Å². The van der Waals surface area contributed by atoms with E-state index in [1.807, 2.05) is 6.07 Å². The maximum absolute atomic E-state index is 6.08. The number of thiophene rings is 1. The van der Waals surface area contributed by atoms with Gasteiger partial charge in [0.1, 0.15) is 5.15 Å². The number of nitrogens with zero attached hydrogens (tertiary/aromatic N) is 2. The number of aromatic nitrogens is 2. The van der Waals surface area contributed by atoms with Crippen molar-refractivity contribution in [2.75, 3.05) is 7.11 Å². The molecule has 0 spiro atoms. The van der Waals surface area contributed by atoms with E-state index in [1.54, 1.807) is 7.11 Å². The molecule has 2 heterocycles. The first-order valence-corrected chi connectivity index (χ1v) is 8.26. The van der Waals surface area contributed by atoms with E-state index in [4.69, 9.17) is 16.3 Å². The van der Waals surface area contributed by atoms with Crippen LogP contribution in [0.5, 0.6) is 0 Å². The van der Waals surface area contributed by atoms with Gasteiger partial charge in [-0.25, -0.2) is 9.97 Å². The van der Waals surface area contributed by atoms with Crippen LogP contribution >= 0.6 is 70.7 Å². The number of hydrogen-bond donors (Lipinski definition) is 0. The lowest BCUT2D eigenvalue weighted by Crippen LogP contribution is -1.99. The fraction of sp³-hybridized carbons (Fsp3) is 0.200. The highest BCUT2D eigenvalue weighted by Crippen LogP contribution is 2.38. The smallest absolute Gasteiger partial charge is 0.171 e. The summed E-state index contributed by atoms with van der Waals surface area (Å²) in [6.07, 6.45) is 0. The van der Waals surface area contributed by atoms with E-state index < -0.39 is 0 Å². The van der Waals surface area contributed by atoms with Crippen molar-refractivity contribution in [3.63, 3.8) is 0 Å². The van der Waals surface area contributed by atoms with Crippen molar-refractivity contribution in [3.8, 4) is 10.7 Å². The molecule has 8 heteroatoms. The van der Waals surface area contributed by atoms with E-state index in [0.29, 0.717) is 22.1 Å². The van der Waals surface area contributed by atoms with Gasteiger partial charge in [-0.3, -0.25) is 0 Å². The Morgan fingerprint density at radius 2 is 2.06 bits per heavy atom. The Morgan fingerprint density at radius 1 is 1.33 bits per heavy atom. The van der Waals surface area contributed by atoms with Gasteiger partial charge in [0, 0.05) is 11.6 Å². The van der Waals surface area contributed by atoms with E-state index in [2.05, 4.69) is 57.8 Å². The Morgan fingerprint density at radius 3 is 2.61 bits per heavy atom. The molecule has 0 radical (unpaired) electrons. The predicted molar refractivity (Wildman–Crippen MR) is 84.2 cm³/mol. The molecule has 0 N–H and O–H groups in total. The normalized spacial score (nSPS) is 10.9. The number of halogens is 4. The summed E-state index contributed by atoms with van der Waals surface area (Å²) in [4.78, 5) is 9.64. The summed E-state index contributed by atoms with van der Waals surface area (Å²) in [5.74, 6) is 0.589. The zero-order valence-corrected chi connectivity index (χ0v) is 15.3. The lowest BCUT2D eigenvalue weighted by Gasteiger charge is -2.06. The molecule has 2 aromatic heterocycles. The Hall–Kier alpha value is 0.470. The fourth-order valence-corrected chi connectivity index (χ4v) is 3.71. The van der Waals surface area contributed by atoms with E-state index in [9.17, 15) is 0 Å². The van der Waals surface area contributed by atoms with Crippen LogP contribution in [0.15, 0.2) is 18.8 Å². The number of ether oxygens (including phenoxy) is 1. The molecule has 0 bridgehead atoms. The third-order valence-corrected chi connectivity index (χ3v) is 6.61. The van der Waals surface area contributed by atoms with Crippen LogP contribution in [-0.2, 0) is 11.3 Å². The first kappa shape index (κ1) is 14.9. The quantitative estimate of drug-likeness (QED) is 0.564. The zero-order valence-electron chi connectivity index (χ0n) is 9.01. The molecule has 0 saturated heterocycles. The van der Waals surface area contributed by atoms with Gasteiger partial charge in [0.15, 0.2) is 5.82 Å². The Kier molecular flexibility index (Phi) is 5.19. The molecule has 0 atom stereocenters. The topological polar surface area (TPSA) is 35.0 Å². The molecule has 96 valence electrons. The van der Waals surface area contributed by atoms with Gasteiger partial charge in [-0.15, -0.1) is 11.3 Å². The van der Waals surface area contributed by atoms with Gasteiger partial charge < -0.3 is 4.74 Å². The summed E-state index contributed by atoms with van der Waals surface area (Å²) < 4.78 is 7.72. The van der Waals surface area contributed by atoms with Gasteiger partial charge in [-0.1, -0.05) is 11.6 Å². The monoisotopic (exact) mass is 474 g/mol. The third kappa shape index (κ3) is 3.13. The maximum atomic E-state index is 6.08. The second-order valence-electron chi connectivity index (χ2n) is 3.26. The van der Waals surface area contributed by atoms with E-state index in [0.717, 1.165) is 18.8 Å². The van der Waals surface area contributed by atoms with Crippen molar-refractivity contribution in [2.45, 2.75) is 6.61 Å². The molecule has 2 rings (SSSR count). The second kappa shape index (κ2) is 6.28. The van der Waals surface area contributed by atoms with E-state index >= 15 is 0 Å². The number of methoxy groups -OCH3 is 1. The van der Waals surface area contributed by atoms with Crippen LogP contribution in [0, 0.1) is 0 Å². The highest BCUT2D eigenvalue weighted by molar-refractivity contribution is 9.13. The molecule has 2 aromatic rings. The Bertz CT molecular complexity index is 571. The van der Waals surface area contributed by atoms with Gasteiger partial charge in [0.2, 0.25) is 0 Å². The van der Waals surface area contributed by atoms with Gasteiger partial charge in [0.05, 0.1) is 25.4 Å². The highest BCUT2D eigenvalue weighted by Gasteiger charge is 2.14. The molecule has 0 saturated carbocycles. The van der Waals surface area contributed by atoms with Crippen LogP contribution in [0.1, 0.15) is 5.69 Å². The fourth-order valence-electron chi connectivity index (χ4n) is 1.26. The summed E-state index contributed by atoms with van der Waals surface area (Å²) in [6.45, 7) is 0.379. The molecular formula is C10H6Br3ClN2OS. The first-order chi connectivity index (χ1) is 8.52. The summed E-state index contributed by atoms with van der Waals surface area (Å²) in [6, 6.07) is 1.95. The zero-order chi connectivity index (χ0) is 13.3. The predicted octanol–water partition coefficient (Wildman–Crippen LogP) is 5.29. The first-order valence-electron chi connectivity index (χ1n) is 4.69. The highest BCUT2D eigenvalue weighted by atomic mass is 79.9. The van der Waals surface area contributed by atoms with Crippen LogP contribution in [0.2, 0.25) is 5.15 Å². The summed E-state index contributed by atoms with van der Waals surface area (Å²) >= 11 is 17.9. The molecule has 0 aliphatic rings. The Labute approximate surface area is 138 Å². The molecule has 0 amide bonds. The minimum absolute atomic E-state index is 0.379. The SMILES string of the molecule is COCc1nc(-c2cc(Br)c(Br)s2)nc(Cl)c1Br. The standard InChI is InChI=1S/C10H6Br3ClN2OS/c1-17-3-5-7(12)9(14)16-10(15-5)6-2-4(11)8(13)18-6/h2H,3H2,1H3. The van der Waals surface area contributed by atoms with Gasteiger partial charge in [-0.2, -0.15) is 0 Å². The molecule has 0 aliphatic carbocycles. The van der Waals surface area contributed by atoms with E-state index in [1.165, 1.54) is 11.3 Å². The van der Waals surface area contributed by atoms with Crippen molar-refractivity contribution in [2.24, 2.45) is 0 Å². The lowest BCUT2D eigenvalue weighted by molar-refractivity contribution is 0.181. The van der Waals surface area contributed by atoms with Crippen LogP contribution < -0.4 is 0 Å². The van der Waals surface area contributed by atoms with Gasteiger partial charge in [0.25, 0.3) is 0 Å². The molecule has 0 aromatic carbocycles. The van der Waals surface area contributed by atoms with Crippen molar-refractivity contribution < 1.29 is 4.74 Å². The van der Waals surface area contributed by atoms with Crippen LogP contribution in [0.4, 0.5) is 0 Å². The molecule has 3 nitrogen and oxygen atoms in total. The average molecular weight is 477 g/mol. The second-order valence-corrected chi connectivity index (χ2v) is 7.64. The van der Waals surface area contributed by atoms with Crippen LogP contribution in [0.3, 0.4) is 0 Å². The maximum Gasteiger partial charge on any atom is 0.171 e. The summed E-state index contributed by atoms with van der Waals surface area (Å²) in [5, 5.41) is 0.382. The lowest BCUT2D eigenvalue weighted by atomic mass is 10.4. The molecule has 0 aliphatic heterocycles. The summed E-state index contributed by atoms with van der Waals surface area (Å²) in [7, 11) is 1.61. The molecule has 18 heavy (non-hydrogen) atoms. The largest absolute Gasteiger partial charge is 0.378 e. The van der Waals surface area contributed by atoms with Crippen molar-refractivity contribution in [1.29, 1.82) is 0 Å². The number of rotatable bonds is 3. The van der Waals surface area contributed by atoms with Crippen LogP contribution in [-0.4, -0.2) is 17.1 Å². The van der Waals surface area contributed by atoms with Crippen molar-refractivity contribution >= 4 is 70.7 Å². The van der Waals surface area contributed by atoms with Gasteiger partial charge in [-0.05, 0) is 53.9 Å². The van der Waals surface area contributed by atoms with E-state index in [-0.39, 0.29) is 0 Å². The van der Waals surface area contributed by atoms with Gasteiger partial charge >= 0.3 is 0 Å². The molecular weight excluding hydrogens is 471 g/mol. The van der Waals surface area contributed by atoms with Crippen molar-refractivity contribution in [3.05, 3.63) is 29.6 Å². The minimum atomic E-state index is 0.379. The molecule has 0 fully saturated rings. The average Bonchev–Trinajstić information content (AvgIpc) is 2.65. The molecule has 0 unspecified atom stereocenters. The number of hydrogen-bond acceptors (Lipinski definition) is 4. The van der Waals surface area contributed by atoms with Crippen LogP contribution in [0.25, 0.3) is 10.7 Å². The Balaban J connectivity index is 2.51. The third-order valence-electron chi connectivity index (χ3n) is 2.03. The summed E-state index contributed by atoms with van der Waals surface area (Å²) in [5.41, 5.74) is 0.730. The minimum Gasteiger partial charge on any atom is -0.378 e.